The fraction of sp³-hybridized carbons (Fsp3) is 0.0769. The zero-order valence-corrected chi connectivity index (χ0v) is 10.2. The number of rotatable bonds is 4. The molecule has 0 atom stereocenters. The van der Waals surface area contributed by atoms with Crippen molar-refractivity contribution < 1.29 is 13.9 Å². The Morgan fingerprint density at radius 2 is 1.95 bits per heavy atom. The van der Waals surface area contributed by atoms with Gasteiger partial charge in [0.25, 0.3) is 5.91 Å². The van der Waals surface area contributed by atoms with Gasteiger partial charge in [0.1, 0.15) is 17.3 Å². The van der Waals surface area contributed by atoms with Gasteiger partial charge in [0.2, 0.25) is 0 Å². The molecular weight excluding hydrogens is 249 g/mol. The van der Waals surface area contributed by atoms with Gasteiger partial charge in [0.15, 0.2) is 0 Å². The van der Waals surface area contributed by atoms with Crippen LogP contribution in [0.5, 0.6) is 5.75 Å². The van der Waals surface area contributed by atoms with E-state index in [0.717, 1.165) is 11.9 Å². The molecule has 0 fully saturated rings. The van der Waals surface area contributed by atoms with Crippen molar-refractivity contribution in [3.63, 3.8) is 0 Å². The van der Waals surface area contributed by atoms with Crippen molar-refractivity contribution in [3.05, 3.63) is 54.1 Å². The van der Waals surface area contributed by atoms with E-state index in [1.165, 1.54) is 12.1 Å². The number of nitrogens with zero attached hydrogens (tertiary/aromatic N) is 1. The molecule has 6 heteroatoms. The number of hydrogen-bond donors (Lipinski definition) is 2. The number of hydrazine groups is 1. The number of hydrogen-bond acceptors (Lipinski definition) is 4. The van der Waals surface area contributed by atoms with Crippen molar-refractivity contribution >= 4 is 11.6 Å². The monoisotopic (exact) mass is 261 g/mol. The summed E-state index contributed by atoms with van der Waals surface area (Å²) in [6.07, 6.45) is 0.988. The van der Waals surface area contributed by atoms with E-state index in [2.05, 4.69) is 15.8 Å². The predicted molar refractivity (Wildman–Crippen MR) is 68.3 cm³/mol. The molecule has 2 rings (SSSR count). The molecule has 1 amide bonds. The number of methoxy groups -OCH3 is 1. The zero-order chi connectivity index (χ0) is 13.7. The Morgan fingerprint density at radius 1 is 1.21 bits per heavy atom. The van der Waals surface area contributed by atoms with Crippen LogP contribution in [0.2, 0.25) is 0 Å². The molecule has 1 heterocycles. The highest BCUT2D eigenvalue weighted by Gasteiger charge is 2.06. The van der Waals surface area contributed by atoms with Crippen molar-refractivity contribution in [2.75, 3.05) is 12.5 Å². The van der Waals surface area contributed by atoms with Crippen molar-refractivity contribution in [1.29, 1.82) is 0 Å². The van der Waals surface area contributed by atoms with Crippen LogP contribution in [-0.2, 0) is 0 Å². The van der Waals surface area contributed by atoms with E-state index in [9.17, 15) is 9.18 Å². The van der Waals surface area contributed by atoms with Crippen molar-refractivity contribution in [1.82, 2.24) is 10.4 Å². The van der Waals surface area contributed by atoms with Gasteiger partial charge in [-0.05, 0) is 36.4 Å². The molecule has 19 heavy (non-hydrogen) atoms. The maximum absolute atomic E-state index is 12.7. The Bertz CT molecular complexity index is 555. The number of halogens is 1. The van der Waals surface area contributed by atoms with Crippen LogP contribution in [0.1, 0.15) is 10.5 Å². The number of nitrogens with one attached hydrogen (secondary N) is 2. The maximum Gasteiger partial charge on any atom is 0.288 e. The van der Waals surface area contributed by atoms with Crippen molar-refractivity contribution in [2.24, 2.45) is 0 Å². The van der Waals surface area contributed by atoms with Gasteiger partial charge >= 0.3 is 0 Å². The van der Waals surface area contributed by atoms with E-state index in [0.29, 0.717) is 5.69 Å². The molecule has 0 saturated heterocycles. The highest BCUT2D eigenvalue weighted by Crippen LogP contribution is 2.14. The van der Waals surface area contributed by atoms with E-state index in [-0.39, 0.29) is 5.69 Å². The van der Waals surface area contributed by atoms with E-state index in [1.54, 1.807) is 31.4 Å². The number of amides is 1. The summed E-state index contributed by atoms with van der Waals surface area (Å²) in [4.78, 5) is 15.3. The van der Waals surface area contributed by atoms with Gasteiger partial charge in [-0.3, -0.25) is 15.6 Å². The number of pyridine rings is 1. The number of anilines is 1. The summed E-state index contributed by atoms with van der Waals surface area (Å²) in [7, 11) is 1.57. The number of carbonyl (C=O) groups is 1. The van der Waals surface area contributed by atoms with E-state index in [4.69, 9.17) is 4.74 Å². The van der Waals surface area contributed by atoms with Crippen LogP contribution in [0.4, 0.5) is 10.1 Å². The first-order chi connectivity index (χ1) is 9.19. The molecule has 0 aliphatic carbocycles. The maximum atomic E-state index is 12.7. The number of benzene rings is 1. The van der Waals surface area contributed by atoms with Crippen molar-refractivity contribution in [2.45, 2.75) is 0 Å². The SMILES string of the molecule is COc1ccc(NNC(=O)c2ccc(F)cn2)cc1. The zero-order valence-electron chi connectivity index (χ0n) is 10.2. The smallest absolute Gasteiger partial charge is 0.288 e. The second-order valence-corrected chi connectivity index (χ2v) is 3.67. The lowest BCUT2D eigenvalue weighted by atomic mass is 10.3. The molecule has 0 aliphatic heterocycles. The lowest BCUT2D eigenvalue weighted by Gasteiger charge is -2.08. The quantitative estimate of drug-likeness (QED) is 0.826. The Morgan fingerprint density at radius 3 is 2.53 bits per heavy atom. The molecule has 0 radical (unpaired) electrons. The fourth-order valence-corrected chi connectivity index (χ4v) is 1.38. The summed E-state index contributed by atoms with van der Waals surface area (Å²) in [5, 5.41) is 0. The van der Waals surface area contributed by atoms with E-state index < -0.39 is 11.7 Å². The average Bonchev–Trinajstić information content (AvgIpc) is 2.46. The molecule has 2 N–H and O–H groups in total. The molecular formula is C13H12FN3O2. The molecule has 1 aromatic carbocycles. The summed E-state index contributed by atoms with van der Waals surface area (Å²) < 4.78 is 17.7. The number of aromatic nitrogens is 1. The lowest BCUT2D eigenvalue weighted by molar-refractivity contribution is 0.0957. The molecule has 0 saturated carbocycles. The molecule has 0 aliphatic rings. The van der Waals surface area contributed by atoms with Crippen LogP contribution in [0.15, 0.2) is 42.6 Å². The third-order valence-electron chi connectivity index (χ3n) is 2.37. The minimum absolute atomic E-state index is 0.127. The van der Waals surface area contributed by atoms with Gasteiger partial charge < -0.3 is 4.74 Å². The summed E-state index contributed by atoms with van der Waals surface area (Å²) >= 11 is 0. The molecule has 0 unspecified atom stereocenters. The Labute approximate surface area is 109 Å². The summed E-state index contributed by atoms with van der Waals surface area (Å²) in [6.45, 7) is 0. The topological polar surface area (TPSA) is 63.2 Å². The lowest BCUT2D eigenvalue weighted by Crippen LogP contribution is -2.29. The second-order valence-electron chi connectivity index (χ2n) is 3.67. The largest absolute Gasteiger partial charge is 0.497 e. The molecule has 0 spiro atoms. The van der Waals surface area contributed by atoms with E-state index >= 15 is 0 Å². The molecule has 2 aromatic rings. The minimum atomic E-state index is -0.486. The van der Waals surface area contributed by atoms with Gasteiger partial charge in [0, 0.05) is 0 Å². The molecule has 5 nitrogen and oxygen atoms in total. The van der Waals surface area contributed by atoms with Gasteiger partial charge in [-0.25, -0.2) is 9.37 Å². The first kappa shape index (κ1) is 12.8. The van der Waals surface area contributed by atoms with Crippen LogP contribution in [0, 0.1) is 5.82 Å². The summed E-state index contributed by atoms with van der Waals surface area (Å²) in [6, 6.07) is 9.49. The minimum Gasteiger partial charge on any atom is -0.497 e. The van der Waals surface area contributed by atoms with Crippen LogP contribution >= 0.6 is 0 Å². The van der Waals surface area contributed by atoms with Crippen LogP contribution < -0.4 is 15.6 Å². The standard InChI is InChI=1S/C13H12FN3O2/c1-19-11-5-3-10(4-6-11)16-17-13(18)12-7-2-9(14)8-15-12/h2-8,16H,1H3,(H,17,18). The van der Waals surface area contributed by atoms with Gasteiger partial charge in [-0.2, -0.15) is 0 Å². The molecule has 0 bridgehead atoms. The van der Waals surface area contributed by atoms with Gasteiger partial charge in [0.05, 0.1) is 19.0 Å². The van der Waals surface area contributed by atoms with Gasteiger partial charge in [-0.1, -0.05) is 0 Å². The number of carbonyl (C=O) groups excluding carboxylic acids is 1. The Kier molecular flexibility index (Phi) is 3.92. The highest BCUT2D eigenvalue weighted by atomic mass is 19.1. The third kappa shape index (κ3) is 3.41. The van der Waals surface area contributed by atoms with Crippen LogP contribution in [0.3, 0.4) is 0 Å². The van der Waals surface area contributed by atoms with Gasteiger partial charge in [-0.15, -0.1) is 0 Å². The second kappa shape index (κ2) is 5.81. The Balaban J connectivity index is 1.94. The highest BCUT2D eigenvalue weighted by molar-refractivity contribution is 5.92. The van der Waals surface area contributed by atoms with Crippen LogP contribution in [-0.4, -0.2) is 18.0 Å². The first-order valence-electron chi connectivity index (χ1n) is 5.51. The average molecular weight is 261 g/mol. The molecule has 98 valence electrons. The third-order valence-corrected chi connectivity index (χ3v) is 2.37. The summed E-state index contributed by atoms with van der Waals surface area (Å²) in [5.41, 5.74) is 6.00. The first-order valence-corrected chi connectivity index (χ1v) is 5.51. The predicted octanol–water partition coefficient (Wildman–Crippen LogP) is 1.99. The summed E-state index contributed by atoms with van der Waals surface area (Å²) in [5.74, 6) is -0.215. The Hall–Kier alpha value is -2.63. The van der Waals surface area contributed by atoms with Crippen LogP contribution in [0.25, 0.3) is 0 Å². The molecule has 1 aromatic heterocycles. The fourth-order valence-electron chi connectivity index (χ4n) is 1.38. The van der Waals surface area contributed by atoms with Crippen molar-refractivity contribution in [3.8, 4) is 5.75 Å². The van der Waals surface area contributed by atoms with E-state index in [1.807, 2.05) is 0 Å². The number of ether oxygens (including phenoxy) is 1. The normalized spacial score (nSPS) is 9.79.